The van der Waals surface area contributed by atoms with Gasteiger partial charge in [0.15, 0.2) is 0 Å². The fraction of sp³-hybridized carbons (Fsp3) is 0.520. The van der Waals surface area contributed by atoms with Gasteiger partial charge < -0.3 is 14.5 Å². The van der Waals surface area contributed by atoms with Crippen molar-refractivity contribution in [3.63, 3.8) is 0 Å². The van der Waals surface area contributed by atoms with Crippen LogP contribution in [0.25, 0.3) is 0 Å². The Kier molecular flexibility index (Phi) is 6.42. The molecule has 7 heteroatoms. The number of halogens is 1. The Labute approximate surface area is 198 Å². The van der Waals surface area contributed by atoms with E-state index >= 15 is 0 Å². The zero-order valence-corrected chi connectivity index (χ0v) is 19.7. The van der Waals surface area contributed by atoms with Crippen molar-refractivity contribution in [1.29, 1.82) is 0 Å². The van der Waals surface area contributed by atoms with E-state index in [2.05, 4.69) is 11.4 Å². The van der Waals surface area contributed by atoms with Gasteiger partial charge in [-0.15, -0.1) is 11.3 Å². The van der Waals surface area contributed by atoms with E-state index in [4.69, 9.17) is 16.3 Å². The van der Waals surface area contributed by atoms with Crippen molar-refractivity contribution in [3.8, 4) is 5.75 Å². The molecule has 170 valence electrons. The monoisotopic (exact) mass is 472 g/mol. The smallest absolute Gasteiger partial charge is 0.242 e. The Balaban J connectivity index is 1.31. The highest BCUT2D eigenvalue weighted by molar-refractivity contribution is 7.10. The molecule has 1 aromatic heterocycles. The second-order valence-corrected chi connectivity index (χ2v) is 10.5. The molecule has 1 atom stereocenters. The highest BCUT2D eigenvalue weighted by Gasteiger charge is 2.40. The lowest BCUT2D eigenvalue weighted by Crippen LogP contribution is -2.49. The van der Waals surface area contributed by atoms with E-state index in [1.165, 1.54) is 10.4 Å². The molecule has 0 radical (unpaired) electrons. The van der Waals surface area contributed by atoms with Crippen molar-refractivity contribution >= 4 is 34.8 Å². The molecule has 32 heavy (non-hydrogen) atoms. The minimum Gasteiger partial charge on any atom is -0.491 e. The molecule has 3 aliphatic rings. The van der Waals surface area contributed by atoms with Crippen LogP contribution in [0.4, 0.5) is 0 Å². The van der Waals surface area contributed by atoms with Gasteiger partial charge in [0.1, 0.15) is 18.9 Å². The third-order valence-electron chi connectivity index (χ3n) is 6.92. The molecule has 0 spiro atoms. The minimum atomic E-state index is -0.143. The van der Waals surface area contributed by atoms with Gasteiger partial charge in [0.05, 0.1) is 6.04 Å². The predicted molar refractivity (Wildman–Crippen MR) is 126 cm³/mol. The number of nitrogens with zero attached hydrogens (tertiary/aromatic N) is 2. The quantitative estimate of drug-likeness (QED) is 0.564. The van der Waals surface area contributed by atoms with Crippen LogP contribution in [-0.2, 0) is 16.0 Å². The number of thiophene rings is 1. The van der Waals surface area contributed by atoms with Crippen molar-refractivity contribution in [2.45, 2.75) is 57.0 Å². The number of amides is 2. The Hall–Kier alpha value is -2.05. The van der Waals surface area contributed by atoms with Crippen molar-refractivity contribution in [3.05, 3.63) is 51.2 Å². The summed E-state index contributed by atoms with van der Waals surface area (Å²) >= 11 is 7.73. The summed E-state index contributed by atoms with van der Waals surface area (Å²) in [7, 11) is 0. The molecule has 0 unspecified atom stereocenters. The van der Waals surface area contributed by atoms with Crippen LogP contribution in [0.15, 0.2) is 35.7 Å². The first kappa shape index (κ1) is 21.8. The zero-order chi connectivity index (χ0) is 22.1. The van der Waals surface area contributed by atoms with Gasteiger partial charge in [0.25, 0.3) is 0 Å². The summed E-state index contributed by atoms with van der Waals surface area (Å²) in [6, 6.07) is 9.52. The minimum absolute atomic E-state index is 0.0322. The van der Waals surface area contributed by atoms with Crippen LogP contribution in [0.5, 0.6) is 5.75 Å². The second kappa shape index (κ2) is 9.44. The van der Waals surface area contributed by atoms with Gasteiger partial charge in [-0.05, 0) is 73.4 Å². The zero-order valence-electron chi connectivity index (χ0n) is 18.2. The van der Waals surface area contributed by atoms with E-state index in [0.29, 0.717) is 18.2 Å². The Morgan fingerprint density at radius 3 is 2.56 bits per heavy atom. The highest BCUT2D eigenvalue weighted by Crippen LogP contribution is 2.36. The van der Waals surface area contributed by atoms with Crippen LogP contribution in [0.2, 0.25) is 5.02 Å². The van der Waals surface area contributed by atoms with Crippen molar-refractivity contribution in [1.82, 2.24) is 9.80 Å². The summed E-state index contributed by atoms with van der Waals surface area (Å²) in [4.78, 5) is 31.8. The molecule has 2 saturated carbocycles. The van der Waals surface area contributed by atoms with Gasteiger partial charge in [-0.1, -0.05) is 24.4 Å². The van der Waals surface area contributed by atoms with E-state index in [9.17, 15) is 9.59 Å². The number of fused-ring (bicyclic) bond motifs is 1. The number of carbonyl (C=O) groups is 2. The van der Waals surface area contributed by atoms with Crippen LogP contribution >= 0.6 is 22.9 Å². The maximum absolute atomic E-state index is 13.5. The molecule has 1 aromatic carbocycles. The summed E-state index contributed by atoms with van der Waals surface area (Å²) < 4.78 is 6.07. The summed E-state index contributed by atoms with van der Waals surface area (Å²) in [5.74, 6) is 1.07. The number of benzene rings is 1. The van der Waals surface area contributed by atoms with Gasteiger partial charge in [-0.2, -0.15) is 0 Å². The summed E-state index contributed by atoms with van der Waals surface area (Å²) in [6.45, 7) is 1.24. The van der Waals surface area contributed by atoms with E-state index in [0.717, 1.165) is 50.7 Å². The maximum atomic E-state index is 13.5. The SMILES string of the molecule is O=C(C1CCCC1)N(CC(=O)N1CCc2sccc2[C@H]1COc1ccc(Cl)cc1)C1CC1. The molecule has 0 N–H and O–H groups in total. The third kappa shape index (κ3) is 4.67. The second-order valence-electron chi connectivity index (χ2n) is 9.10. The molecule has 5 nitrogen and oxygen atoms in total. The molecule has 2 aromatic rings. The topological polar surface area (TPSA) is 49.9 Å². The van der Waals surface area contributed by atoms with Crippen LogP contribution in [-0.4, -0.2) is 47.4 Å². The number of hydrogen-bond donors (Lipinski definition) is 0. The first-order valence-corrected chi connectivity index (χ1v) is 12.9. The number of ether oxygens (including phenoxy) is 1. The summed E-state index contributed by atoms with van der Waals surface area (Å²) in [5, 5.41) is 2.76. The van der Waals surface area contributed by atoms with E-state index in [1.54, 1.807) is 23.5 Å². The molecule has 2 heterocycles. The normalized spacial score (nSPS) is 20.8. The van der Waals surface area contributed by atoms with Gasteiger partial charge in [-0.25, -0.2) is 0 Å². The van der Waals surface area contributed by atoms with E-state index in [-0.39, 0.29) is 36.4 Å². The average molecular weight is 473 g/mol. The molecule has 5 rings (SSSR count). The lowest BCUT2D eigenvalue weighted by atomic mass is 10.00. The largest absolute Gasteiger partial charge is 0.491 e. The molecule has 2 aliphatic carbocycles. The third-order valence-corrected chi connectivity index (χ3v) is 8.17. The molecular weight excluding hydrogens is 444 g/mol. The number of rotatable bonds is 7. The fourth-order valence-electron chi connectivity index (χ4n) is 5.00. The molecule has 0 saturated heterocycles. The average Bonchev–Trinajstić information content (AvgIpc) is 3.28. The summed E-state index contributed by atoms with van der Waals surface area (Å²) in [6.07, 6.45) is 7.08. The van der Waals surface area contributed by atoms with E-state index in [1.807, 2.05) is 21.9 Å². The van der Waals surface area contributed by atoms with Crippen LogP contribution in [0, 0.1) is 5.92 Å². The Bertz CT molecular complexity index is 966. The van der Waals surface area contributed by atoms with Crippen molar-refractivity contribution < 1.29 is 14.3 Å². The lowest BCUT2D eigenvalue weighted by Gasteiger charge is -2.37. The standard InChI is InChI=1S/C25H29ClN2O3S/c26-18-5-9-20(10-6-18)31-16-22-21-12-14-32-23(21)11-13-27(22)24(29)15-28(19-7-8-19)25(30)17-3-1-2-4-17/h5-6,9-10,12,14,17,19,22H,1-4,7-8,11,13,15-16H2/t22-/m1/s1. The molecular formula is C25H29ClN2O3S. The number of hydrogen-bond acceptors (Lipinski definition) is 4. The lowest BCUT2D eigenvalue weighted by molar-refractivity contribution is -0.145. The van der Waals surface area contributed by atoms with Gasteiger partial charge in [0, 0.05) is 28.4 Å². The van der Waals surface area contributed by atoms with Crippen LogP contribution in [0.1, 0.15) is 55.0 Å². The molecule has 0 bridgehead atoms. The van der Waals surface area contributed by atoms with Crippen LogP contribution in [0.3, 0.4) is 0 Å². The first-order valence-electron chi connectivity index (χ1n) is 11.6. The fourth-order valence-corrected chi connectivity index (χ4v) is 6.05. The predicted octanol–water partition coefficient (Wildman–Crippen LogP) is 5.09. The van der Waals surface area contributed by atoms with Gasteiger partial charge in [0.2, 0.25) is 11.8 Å². The van der Waals surface area contributed by atoms with Crippen LogP contribution < -0.4 is 4.74 Å². The highest BCUT2D eigenvalue weighted by atomic mass is 35.5. The van der Waals surface area contributed by atoms with E-state index < -0.39 is 0 Å². The van der Waals surface area contributed by atoms with Crippen molar-refractivity contribution in [2.75, 3.05) is 19.7 Å². The number of carbonyl (C=O) groups excluding carboxylic acids is 2. The summed E-state index contributed by atoms with van der Waals surface area (Å²) in [5.41, 5.74) is 1.17. The Morgan fingerprint density at radius 1 is 1.09 bits per heavy atom. The van der Waals surface area contributed by atoms with Gasteiger partial charge in [-0.3, -0.25) is 9.59 Å². The molecule has 1 aliphatic heterocycles. The molecule has 2 fully saturated rings. The first-order chi connectivity index (χ1) is 15.6. The maximum Gasteiger partial charge on any atom is 0.242 e. The Morgan fingerprint density at radius 2 is 1.84 bits per heavy atom. The van der Waals surface area contributed by atoms with Crippen molar-refractivity contribution in [2.24, 2.45) is 5.92 Å². The van der Waals surface area contributed by atoms with Gasteiger partial charge >= 0.3 is 0 Å². The molecule has 2 amide bonds.